The molecule has 130 valence electrons. The summed E-state index contributed by atoms with van der Waals surface area (Å²) in [4.78, 5) is 42.1. The molecular formula is C12H23O9P. The van der Waals surface area contributed by atoms with Crippen LogP contribution in [0.15, 0.2) is 11.6 Å². The first-order chi connectivity index (χ1) is 10.1. The third-order valence-electron chi connectivity index (χ3n) is 2.21. The molecule has 0 aromatic heterocycles. The second-order valence-electron chi connectivity index (χ2n) is 4.25. The fraction of sp³-hybridized carbons (Fsp3) is 0.667. The van der Waals surface area contributed by atoms with Crippen LogP contribution in [0.25, 0.3) is 0 Å². The van der Waals surface area contributed by atoms with Crippen molar-refractivity contribution in [2.75, 3.05) is 13.2 Å². The van der Waals surface area contributed by atoms with Gasteiger partial charge in [0.25, 0.3) is 0 Å². The van der Waals surface area contributed by atoms with Gasteiger partial charge in [0.1, 0.15) is 0 Å². The van der Waals surface area contributed by atoms with Crippen molar-refractivity contribution >= 4 is 19.8 Å². The van der Waals surface area contributed by atoms with E-state index in [4.69, 9.17) is 34.2 Å². The number of carbonyl (C=O) groups excluding carboxylic acids is 1. The Morgan fingerprint density at radius 3 is 2.27 bits per heavy atom. The summed E-state index contributed by atoms with van der Waals surface area (Å²) in [5, 5.41) is 16.5. The van der Waals surface area contributed by atoms with E-state index in [0.717, 1.165) is 19.3 Å². The zero-order valence-corrected chi connectivity index (χ0v) is 13.2. The third kappa shape index (κ3) is 23.8. The lowest BCUT2D eigenvalue weighted by atomic mass is 10.2. The van der Waals surface area contributed by atoms with Crippen LogP contribution in [0.4, 0.5) is 0 Å². The van der Waals surface area contributed by atoms with Gasteiger partial charge in [-0.25, -0.2) is 9.36 Å². The number of aliphatic carboxylic acids is 1. The number of esters is 1. The molecule has 9 nitrogen and oxygen atoms in total. The lowest BCUT2D eigenvalue weighted by Crippen LogP contribution is -2.00. The first kappa shape index (κ1) is 23.0. The average Bonchev–Trinajstić information content (AvgIpc) is 2.62. The minimum Gasteiger partial charge on any atom is -0.478 e. The molecule has 22 heavy (non-hydrogen) atoms. The van der Waals surface area contributed by atoms with Crippen molar-refractivity contribution in [2.24, 2.45) is 0 Å². The van der Waals surface area contributed by atoms with Gasteiger partial charge in [0.15, 0.2) is 0 Å². The molecule has 5 N–H and O–H groups in total. The zero-order chi connectivity index (χ0) is 17.6. The molecule has 0 aromatic carbocycles. The number of cyclic esters (lactones) is 1. The van der Waals surface area contributed by atoms with Crippen molar-refractivity contribution in [3.8, 4) is 0 Å². The molecule has 0 spiro atoms. The Morgan fingerprint density at radius 2 is 1.82 bits per heavy atom. The molecule has 10 heteroatoms. The van der Waals surface area contributed by atoms with E-state index in [1.54, 1.807) is 0 Å². The third-order valence-corrected chi connectivity index (χ3v) is 2.21. The Morgan fingerprint density at radius 1 is 1.27 bits per heavy atom. The van der Waals surface area contributed by atoms with Crippen molar-refractivity contribution in [3.05, 3.63) is 11.6 Å². The van der Waals surface area contributed by atoms with Gasteiger partial charge in [-0.15, -0.1) is 0 Å². The van der Waals surface area contributed by atoms with Crippen molar-refractivity contribution in [1.29, 1.82) is 0 Å². The molecule has 1 aliphatic rings. The summed E-state index contributed by atoms with van der Waals surface area (Å²) in [6.07, 6.45) is 5.73. The van der Waals surface area contributed by atoms with Crippen LogP contribution in [0.1, 0.15) is 39.0 Å². The molecule has 0 aromatic rings. The van der Waals surface area contributed by atoms with E-state index in [-0.39, 0.29) is 18.1 Å². The van der Waals surface area contributed by atoms with E-state index < -0.39 is 13.8 Å². The first-order valence-corrected chi connectivity index (χ1v) is 8.09. The standard InChI is InChI=1S/C6H10O3.C6H10O2.H3O4P/c1-5(6(8)9)3-2-4-7;7-6-4-2-1-3-5-8-6;1-5(2,3)4/h3,7H,2,4H2,1H3,(H,8,9);1-5H2;(H3,1,2,3,4). The van der Waals surface area contributed by atoms with Crippen LogP contribution >= 0.6 is 7.82 Å². The van der Waals surface area contributed by atoms with Gasteiger partial charge in [-0.2, -0.15) is 0 Å². The highest BCUT2D eigenvalue weighted by molar-refractivity contribution is 7.45. The predicted molar refractivity (Wildman–Crippen MR) is 76.8 cm³/mol. The predicted octanol–water partition coefficient (Wildman–Crippen LogP) is 0.575. The summed E-state index contributed by atoms with van der Waals surface area (Å²) >= 11 is 0. The van der Waals surface area contributed by atoms with E-state index in [0.29, 0.717) is 19.4 Å². The molecule has 1 rings (SSSR count). The molecule has 0 bridgehead atoms. The summed E-state index contributed by atoms with van der Waals surface area (Å²) in [7, 11) is -4.64. The minimum atomic E-state index is -4.64. The van der Waals surface area contributed by atoms with Crippen LogP contribution in [0.5, 0.6) is 0 Å². The van der Waals surface area contributed by atoms with Crippen LogP contribution in [-0.2, 0) is 18.9 Å². The smallest absolute Gasteiger partial charge is 0.466 e. The molecule has 1 fully saturated rings. The molecular weight excluding hydrogens is 319 g/mol. The van der Waals surface area contributed by atoms with Gasteiger partial charge >= 0.3 is 19.8 Å². The molecule has 0 aliphatic carbocycles. The van der Waals surface area contributed by atoms with Crippen molar-refractivity contribution in [1.82, 2.24) is 0 Å². The summed E-state index contributed by atoms with van der Waals surface area (Å²) in [5.74, 6) is -0.953. The fourth-order valence-corrected chi connectivity index (χ4v) is 1.17. The highest BCUT2D eigenvalue weighted by atomic mass is 31.2. The van der Waals surface area contributed by atoms with Gasteiger partial charge in [0.05, 0.1) is 6.61 Å². The summed E-state index contributed by atoms with van der Waals surface area (Å²) in [6, 6.07) is 0. The number of hydrogen-bond acceptors (Lipinski definition) is 5. The zero-order valence-electron chi connectivity index (χ0n) is 12.3. The van der Waals surface area contributed by atoms with Crippen LogP contribution in [0.2, 0.25) is 0 Å². The monoisotopic (exact) mass is 342 g/mol. The molecule has 0 radical (unpaired) electrons. The van der Waals surface area contributed by atoms with Crippen LogP contribution in [0.3, 0.4) is 0 Å². The number of rotatable bonds is 3. The molecule has 0 saturated carbocycles. The minimum absolute atomic E-state index is 0.00458. The second-order valence-corrected chi connectivity index (χ2v) is 5.28. The molecule has 1 saturated heterocycles. The summed E-state index contributed by atoms with van der Waals surface area (Å²) < 4.78 is 13.6. The lowest BCUT2D eigenvalue weighted by molar-refractivity contribution is -0.142. The Labute approximate surface area is 128 Å². The maximum Gasteiger partial charge on any atom is 0.466 e. The molecule has 0 unspecified atom stereocenters. The highest BCUT2D eigenvalue weighted by Gasteiger charge is 2.05. The number of carboxylic acid groups (broad SMARTS) is 1. The maximum absolute atomic E-state index is 10.5. The van der Waals surface area contributed by atoms with Gasteiger partial charge in [0, 0.05) is 18.6 Å². The van der Waals surface area contributed by atoms with Crippen LogP contribution in [0, 0.1) is 0 Å². The number of ether oxygens (including phenoxy) is 1. The quantitative estimate of drug-likeness (QED) is 0.280. The van der Waals surface area contributed by atoms with E-state index in [9.17, 15) is 9.59 Å². The summed E-state index contributed by atoms with van der Waals surface area (Å²) in [5.41, 5.74) is 0.282. The number of hydrogen-bond donors (Lipinski definition) is 5. The largest absolute Gasteiger partial charge is 0.478 e. The Bertz CT molecular complexity index is 381. The van der Waals surface area contributed by atoms with Gasteiger partial charge in [-0.3, -0.25) is 4.79 Å². The van der Waals surface area contributed by atoms with Gasteiger partial charge in [-0.05, 0) is 32.6 Å². The highest BCUT2D eigenvalue weighted by Crippen LogP contribution is 2.25. The Hall–Kier alpha value is -1.25. The maximum atomic E-state index is 10.5. The van der Waals surface area contributed by atoms with E-state index >= 15 is 0 Å². The number of phosphoric acid groups is 1. The van der Waals surface area contributed by atoms with Gasteiger partial charge in [0.2, 0.25) is 0 Å². The van der Waals surface area contributed by atoms with Crippen molar-refractivity contribution in [3.63, 3.8) is 0 Å². The Kier molecular flexibility index (Phi) is 14.0. The molecule has 0 atom stereocenters. The van der Waals surface area contributed by atoms with E-state index in [1.165, 1.54) is 13.0 Å². The lowest BCUT2D eigenvalue weighted by Gasteiger charge is -1.93. The van der Waals surface area contributed by atoms with Gasteiger partial charge < -0.3 is 29.6 Å². The number of carboxylic acids is 1. The SMILES string of the molecule is CC(=CCCO)C(=O)O.O=C1CCCCCO1.O=P(O)(O)O. The Balaban J connectivity index is 0. The fourth-order valence-electron chi connectivity index (χ4n) is 1.17. The molecule has 0 amide bonds. The molecule has 1 aliphatic heterocycles. The van der Waals surface area contributed by atoms with Crippen molar-refractivity contribution < 1.29 is 43.8 Å². The first-order valence-electron chi connectivity index (χ1n) is 6.52. The van der Waals surface area contributed by atoms with Crippen LogP contribution in [-0.4, -0.2) is 50.0 Å². The number of carbonyl (C=O) groups is 2. The van der Waals surface area contributed by atoms with Gasteiger partial charge in [-0.1, -0.05) is 6.08 Å². The number of aliphatic hydroxyl groups is 1. The average molecular weight is 342 g/mol. The normalized spacial score (nSPS) is 15.3. The molecule has 1 heterocycles. The topological polar surface area (TPSA) is 162 Å². The second kappa shape index (κ2) is 13.4. The van der Waals surface area contributed by atoms with E-state index in [1.807, 2.05) is 0 Å². The summed E-state index contributed by atoms with van der Waals surface area (Å²) in [6.45, 7) is 2.14. The van der Waals surface area contributed by atoms with Crippen molar-refractivity contribution in [2.45, 2.75) is 39.0 Å². The van der Waals surface area contributed by atoms with E-state index in [2.05, 4.69) is 0 Å². The number of aliphatic hydroxyl groups excluding tert-OH is 1. The van der Waals surface area contributed by atoms with Crippen LogP contribution < -0.4 is 0 Å².